The summed E-state index contributed by atoms with van der Waals surface area (Å²) in [6, 6.07) is 17.0. The van der Waals surface area contributed by atoms with Crippen LogP contribution >= 0.6 is 22.9 Å². The molecule has 0 amide bonds. The molecule has 0 saturated heterocycles. The van der Waals surface area contributed by atoms with Gasteiger partial charge in [0.05, 0.1) is 48.8 Å². The molecule has 1 aromatic heterocycles. The third-order valence-electron chi connectivity index (χ3n) is 7.55. The molecule has 2 heterocycles. The summed E-state index contributed by atoms with van der Waals surface area (Å²) in [5.41, 5.74) is 2.51. The Kier molecular flexibility index (Phi) is 12.0. The Bertz CT molecular complexity index is 2090. The van der Waals surface area contributed by atoms with Gasteiger partial charge in [-0.3, -0.25) is 9.36 Å². The fraction of sp³-hybridized carbons (Fsp3) is 0.297. The van der Waals surface area contributed by atoms with Crippen molar-refractivity contribution < 1.29 is 38.0 Å². The molecule has 3 aromatic carbocycles. The van der Waals surface area contributed by atoms with Crippen molar-refractivity contribution in [3.63, 3.8) is 0 Å². The predicted octanol–water partition coefficient (Wildman–Crippen LogP) is 5.38. The van der Waals surface area contributed by atoms with Gasteiger partial charge in [0.15, 0.2) is 34.4 Å². The minimum atomic E-state index is -0.885. The smallest absolute Gasteiger partial charge is 0.343 e. The van der Waals surface area contributed by atoms with Crippen molar-refractivity contribution in [2.75, 3.05) is 33.5 Å². The van der Waals surface area contributed by atoms with Crippen molar-refractivity contribution in [1.29, 1.82) is 0 Å². The number of carbonyl (C=O) groups excluding carboxylic acids is 2. The standard InChI is InChI=1S/C37H37ClN2O9S/c1-6-45-29-17-24(11-15-27(29)48-20-23-9-13-26(38)14-10-23)18-31-35(42)40-34(33(36(43)47-8-3)22(4)39-37(40)50-31)25-12-16-28(30(19-25)46-7-2)49-21-32(41)44-5/h9-19,34H,6-8,20-21H2,1-5H3/b31-18-/t34-/m0/s1. The zero-order valence-corrected chi connectivity index (χ0v) is 29.9. The van der Waals surface area contributed by atoms with Crippen LogP contribution in [0.5, 0.6) is 23.0 Å². The largest absolute Gasteiger partial charge is 0.490 e. The SMILES string of the molecule is CCOC(=O)C1=C(C)N=c2s/c(=C\c3ccc(OCc4ccc(Cl)cc4)c(OCC)c3)c(=O)n2[C@H]1c1ccc(OCC(=O)OC)c(OCC)c1. The maximum absolute atomic E-state index is 14.2. The van der Waals surface area contributed by atoms with Crippen LogP contribution in [0.1, 0.15) is 50.4 Å². The fourth-order valence-electron chi connectivity index (χ4n) is 5.28. The molecule has 1 aliphatic heterocycles. The van der Waals surface area contributed by atoms with Crippen LogP contribution in [-0.2, 0) is 25.7 Å². The zero-order chi connectivity index (χ0) is 35.8. The zero-order valence-electron chi connectivity index (χ0n) is 28.3. The summed E-state index contributed by atoms with van der Waals surface area (Å²) in [7, 11) is 1.27. The van der Waals surface area contributed by atoms with E-state index in [0.29, 0.717) is 74.0 Å². The van der Waals surface area contributed by atoms with Crippen molar-refractivity contribution in [1.82, 2.24) is 4.57 Å². The van der Waals surface area contributed by atoms with E-state index in [1.54, 1.807) is 56.3 Å². The number of hydrogen-bond acceptors (Lipinski definition) is 11. The molecule has 0 saturated carbocycles. The molecule has 13 heteroatoms. The van der Waals surface area contributed by atoms with Crippen LogP contribution in [0, 0.1) is 0 Å². The Balaban J connectivity index is 1.56. The second-order valence-electron chi connectivity index (χ2n) is 10.9. The number of carbonyl (C=O) groups is 2. The molecular formula is C37H37ClN2O9S. The highest BCUT2D eigenvalue weighted by molar-refractivity contribution is 7.07. The Labute approximate surface area is 297 Å². The topological polar surface area (TPSA) is 124 Å². The van der Waals surface area contributed by atoms with E-state index in [4.69, 9.17) is 35.3 Å². The van der Waals surface area contributed by atoms with Crippen LogP contribution in [0.4, 0.5) is 0 Å². The maximum atomic E-state index is 14.2. The molecule has 50 heavy (non-hydrogen) atoms. The third-order valence-corrected chi connectivity index (χ3v) is 8.78. The molecule has 0 N–H and O–H groups in total. The van der Waals surface area contributed by atoms with Gasteiger partial charge >= 0.3 is 11.9 Å². The first-order valence-corrected chi connectivity index (χ1v) is 17.2. The minimum Gasteiger partial charge on any atom is -0.490 e. The summed E-state index contributed by atoms with van der Waals surface area (Å²) in [5.74, 6) is 0.569. The molecule has 0 radical (unpaired) electrons. The number of halogens is 1. The highest BCUT2D eigenvalue weighted by atomic mass is 35.5. The van der Waals surface area contributed by atoms with Gasteiger partial charge in [-0.2, -0.15) is 0 Å². The Hall–Kier alpha value is -5.07. The van der Waals surface area contributed by atoms with Crippen LogP contribution in [-0.4, -0.2) is 50.0 Å². The first-order valence-electron chi connectivity index (χ1n) is 16.0. The Morgan fingerprint density at radius 3 is 2.24 bits per heavy atom. The molecular weight excluding hydrogens is 684 g/mol. The van der Waals surface area contributed by atoms with E-state index in [0.717, 1.165) is 5.56 Å². The molecule has 0 aliphatic carbocycles. The van der Waals surface area contributed by atoms with Crippen molar-refractivity contribution in [3.05, 3.63) is 113 Å². The van der Waals surface area contributed by atoms with Gasteiger partial charge in [-0.1, -0.05) is 47.2 Å². The van der Waals surface area contributed by atoms with Gasteiger partial charge < -0.3 is 28.4 Å². The molecule has 1 atom stereocenters. The molecule has 0 bridgehead atoms. The second kappa shape index (κ2) is 16.6. The molecule has 5 rings (SSSR count). The molecule has 262 valence electrons. The number of nitrogens with zero attached hydrogens (tertiary/aromatic N) is 2. The molecule has 0 fully saturated rings. The number of esters is 2. The first-order chi connectivity index (χ1) is 24.2. The van der Waals surface area contributed by atoms with Gasteiger partial charge in [0.1, 0.15) is 6.61 Å². The van der Waals surface area contributed by atoms with E-state index < -0.39 is 18.0 Å². The van der Waals surface area contributed by atoms with Gasteiger partial charge in [-0.05, 0) is 86.9 Å². The summed E-state index contributed by atoms with van der Waals surface area (Å²) in [6.45, 7) is 7.96. The summed E-state index contributed by atoms with van der Waals surface area (Å²) in [6.07, 6.45) is 1.76. The lowest BCUT2D eigenvalue weighted by Gasteiger charge is -2.25. The van der Waals surface area contributed by atoms with Crippen LogP contribution in [0.15, 0.2) is 81.7 Å². The fourth-order valence-corrected chi connectivity index (χ4v) is 6.45. The molecule has 11 nitrogen and oxygen atoms in total. The summed E-state index contributed by atoms with van der Waals surface area (Å²) >= 11 is 7.21. The van der Waals surface area contributed by atoms with Crippen LogP contribution in [0.3, 0.4) is 0 Å². The first kappa shape index (κ1) is 36.2. The van der Waals surface area contributed by atoms with Crippen LogP contribution in [0.2, 0.25) is 5.02 Å². The minimum absolute atomic E-state index is 0.138. The van der Waals surface area contributed by atoms with Gasteiger partial charge in [0.25, 0.3) is 5.56 Å². The van der Waals surface area contributed by atoms with Crippen LogP contribution in [0.25, 0.3) is 6.08 Å². The van der Waals surface area contributed by atoms with Gasteiger partial charge in [0, 0.05) is 5.02 Å². The number of hydrogen-bond donors (Lipinski definition) is 0. The lowest BCUT2D eigenvalue weighted by Crippen LogP contribution is -2.40. The number of aromatic nitrogens is 1. The van der Waals surface area contributed by atoms with Crippen molar-refractivity contribution >= 4 is 41.0 Å². The Morgan fingerprint density at radius 1 is 0.880 bits per heavy atom. The number of allylic oxidation sites excluding steroid dienone is 1. The molecule has 0 unspecified atom stereocenters. The lowest BCUT2D eigenvalue weighted by molar-refractivity contribution is -0.143. The monoisotopic (exact) mass is 720 g/mol. The highest BCUT2D eigenvalue weighted by Crippen LogP contribution is 2.36. The number of ether oxygens (including phenoxy) is 6. The summed E-state index contributed by atoms with van der Waals surface area (Å²) in [4.78, 5) is 44.4. The van der Waals surface area contributed by atoms with Crippen molar-refractivity contribution in [2.24, 2.45) is 4.99 Å². The predicted molar refractivity (Wildman–Crippen MR) is 189 cm³/mol. The van der Waals surface area contributed by atoms with E-state index in [9.17, 15) is 14.4 Å². The quantitative estimate of drug-likeness (QED) is 0.158. The number of methoxy groups -OCH3 is 1. The Morgan fingerprint density at radius 2 is 1.56 bits per heavy atom. The van der Waals surface area contributed by atoms with Gasteiger partial charge in [0.2, 0.25) is 0 Å². The van der Waals surface area contributed by atoms with E-state index >= 15 is 0 Å². The average Bonchev–Trinajstić information content (AvgIpc) is 3.41. The summed E-state index contributed by atoms with van der Waals surface area (Å²) in [5, 5.41) is 0.646. The molecule has 0 spiro atoms. The number of thiazole rings is 1. The maximum Gasteiger partial charge on any atom is 0.343 e. The van der Waals surface area contributed by atoms with Gasteiger partial charge in [-0.25, -0.2) is 14.6 Å². The molecule has 4 aromatic rings. The third kappa shape index (κ3) is 8.20. The van der Waals surface area contributed by atoms with E-state index in [2.05, 4.69) is 9.73 Å². The molecule has 1 aliphatic rings. The number of benzene rings is 3. The van der Waals surface area contributed by atoms with E-state index in [-0.39, 0.29) is 24.3 Å². The number of rotatable bonds is 14. The lowest BCUT2D eigenvalue weighted by atomic mass is 9.95. The van der Waals surface area contributed by atoms with Crippen molar-refractivity contribution in [2.45, 2.75) is 40.3 Å². The van der Waals surface area contributed by atoms with Crippen LogP contribution < -0.4 is 33.8 Å². The number of fused-ring (bicyclic) bond motifs is 1. The van der Waals surface area contributed by atoms with Gasteiger partial charge in [-0.15, -0.1) is 0 Å². The average molecular weight is 721 g/mol. The van der Waals surface area contributed by atoms with E-state index in [1.807, 2.05) is 38.1 Å². The second-order valence-corrected chi connectivity index (χ2v) is 12.3. The normalized spacial score (nSPS) is 14.0. The highest BCUT2D eigenvalue weighted by Gasteiger charge is 2.34. The van der Waals surface area contributed by atoms with E-state index in [1.165, 1.54) is 23.0 Å². The van der Waals surface area contributed by atoms with Crippen molar-refractivity contribution in [3.8, 4) is 23.0 Å². The summed E-state index contributed by atoms with van der Waals surface area (Å²) < 4.78 is 35.4.